The lowest BCUT2D eigenvalue weighted by atomic mass is 10.1. The Morgan fingerprint density at radius 2 is 2.00 bits per heavy atom. The Morgan fingerprint density at radius 1 is 1.33 bits per heavy atom. The van der Waals surface area contributed by atoms with Gasteiger partial charge < -0.3 is 5.73 Å². The molecule has 0 amide bonds. The highest BCUT2D eigenvalue weighted by atomic mass is 32.1. The average Bonchev–Trinajstić information content (AvgIpc) is 2.29. The van der Waals surface area contributed by atoms with E-state index in [1.54, 1.807) is 12.1 Å². The zero-order chi connectivity index (χ0) is 11.1. The Morgan fingerprint density at radius 3 is 2.53 bits per heavy atom. The number of hydrogen-bond donors (Lipinski definition) is 2. The normalized spacial score (nSPS) is 9.20. The molecule has 0 aliphatic heterocycles. The molecular formula is C12H13NOS. The van der Waals surface area contributed by atoms with E-state index in [1.807, 2.05) is 12.1 Å². The summed E-state index contributed by atoms with van der Waals surface area (Å²) in [6.07, 6.45) is 0.770. The molecule has 2 N–H and O–H groups in total. The van der Waals surface area contributed by atoms with Crippen LogP contribution in [0, 0.1) is 11.8 Å². The van der Waals surface area contributed by atoms with E-state index in [4.69, 9.17) is 5.73 Å². The van der Waals surface area contributed by atoms with Gasteiger partial charge in [-0.1, -0.05) is 24.0 Å². The van der Waals surface area contributed by atoms with Crippen LogP contribution in [0.4, 0.5) is 0 Å². The summed E-state index contributed by atoms with van der Waals surface area (Å²) in [5.74, 6) is 6.68. The largest absolute Gasteiger partial charge is 0.324 e. The van der Waals surface area contributed by atoms with Crippen molar-refractivity contribution in [2.45, 2.75) is 6.42 Å². The van der Waals surface area contributed by atoms with Gasteiger partial charge in [0, 0.05) is 23.3 Å². The molecule has 0 heterocycles. The number of carbonyl (C=O) groups excluding carboxylic acids is 1. The van der Waals surface area contributed by atoms with Crippen LogP contribution in [-0.2, 0) is 0 Å². The lowest BCUT2D eigenvalue weighted by Crippen LogP contribution is -2.13. The minimum atomic E-state index is -0.0510. The van der Waals surface area contributed by atoms with Crippen molar-refractivity contribution in [2.24, 2.45) is 5.73 Å². The molecule has 0 bridgehead atoms. The summed E-state index contributed by atoms with van der Waals surface area (Å²) in [5, 5.41) is 0. The molecule has 0 aromatic heterocycles. The van der Waals surface area contributed by atoms with Crippen LogP contribution in [0.5, 0.6) is 0 Å². The molecule has 1 aromatic rings. The standard InChI is InChI=1S/C12H13NOS/c13-9-12(14)11-6-4-10(5-7-11)3-1-2-8-15/h4-7,15H,2,8-9,13H2. The van der Waals surface area contributed by atoms with Gasteiger partial charge >= 0.3 is 0 Å². The van der Waals surface area contributed by atoms with Gasteiger partial charge in [0.05, 0.1) is 6.54 Å². The number of nitrogens with two attached hydrogens (primary N) is 1. The third kappa shape index (κ3) is 3.78. The fraction of sp³-hybridized carbons (Fsp3) is 0.250. The zero-order valence-electron chi connectivity index (χ0n) is 8.36. The van der Waals surface area contributed by atoms with Gasteiger partial charge in [-0.05, 0) is 12.1 Å². The maximum absolute atomic E-state index is 11.2. The van der Waals surface area contributed by atoms with Crippen LogP contribution in [0.15, 0.2) is 24.3 Å². The molecule has 0 fully saturated rings. The maximum Gasteiger partial charge on any atom is 0.176 e. The smallest absolute Gasteiger partial charge is 0.176 e. The average molecular weight is 219 g/mol. The van der Waals surface area contributed by atoms with E-state index < -0.39 is 0 Å². The number of hydrogen-bond acceptors (Lipinski definition) is 3. The van der Waals surface area contributed by atoms with E-state index >= 15 is 0 Å². The quantitative estimate of drug-likeness (QED) is 0.459. The Balaban J connectivity index is 2.73. The predicted octanol–water partition coefficient (Wildman–Crippen LogP) is 1.50. The summed E-state index contributed by atoms with van der Waals surface area (Å²) in [4.78, 5) is 11.2. The molecule has 78 valence electrons. The molecule has 0 unspecified atom stereocenters. The molecule has 0 aliphatic rings. The maximum atomic E-state index is 11.2. The van der Waals surface area contributed by atoms with Gasteiger partial charge in [-0.2, -0.15) is 12.6 Å². The number of Topliss-reactive ketones (excluding diaryl/α,β-unsaturated/α-hetero) is 1. The van der Waals surface area contributed by atoms with Crippen molar-refractivity contribution in [3.8, 4) is 11.8 Å². The monoisotopic (exact) mass is 219 g/mol. The van der Waals surface area contributed by atoms with Crippen molar-refractivity contribution >= 4 is 18.4 Å². The van der Waals surface area contributed by atoms with E-state index in [0.29, 0.717) is 5.56 Å². The van der Waals surface area contributed by atoms with Gasteiger partial charge in [0.1, 0.15) is 0 Å². The third-order valence-corrected chi connectivity index (χ3v) is 2.09. The lowest BCUT2D eigenvalue weighted by molar-refractivity contribution is 0.100. The van der Waals surface area contributed by atoms with E-state index in [-0.39, 0.29) is 12.3 Å². The van der Waals surface area contributed by atoms with Gasteiger partial charge in [0.25, 0.3) is 0 Å². The molecule has 15 heavy (non-hydrogen) atoms. The van der Waals surface area contributed by atoms with Gasteiger partial charge in [0.2, 0.25) is 0 Å². The van der Waals surface area contributed by atoms with Crippen molar-refractivity contribution in [2.75, 3.05) is 12.3 Å². The second-order valence-corrected chi connectivity index (χ2v) is 3.43. The van der Waals surface area contributed by atoms with E-state index in [1.165, 1.54) is 0 Å². The summed E-state index contributed by atoms with van der Waals surface area (Å²) < 4.78 is 0. The van der Waals surface area contributed by atoms with Crippen LogP contribution in [-0.4, -0.2) is 18.1 Å². The van der Waals surface area contributed by atoms with E-state index in [2.05, 4.69) is 24.5 Å². The molecule has 0 saturated carbocycles. The predicted molar refractivity (Wildman–Crippen MR) is 65.2 cm³/mol. The molecule has 2 nitrogen and oxygen atoms in total. The fourth-order valence-corrected chi connectivity index (χ4v) is 1.19. The highest BCUT2D eigenvalue weighted by molar-refractivity contribution is 7.80. The number of thiol groups is 1. The lowest BCUT2D eigenvalue weighted by Gasteiger charge is -1.96. The minimum absolute atomic E-state index is 0.0463. The van der Waals surface area contributed by atoms with Crippen LogP contribution in [0.3, 0.4) is 0 Å². The number of rotatable bonds is 3. The summed E-state index contributed by atoms with van der Waals surface area (Å²) in [6, 6.07) is 7.16. The van der Waals surface area contributed by atoms with Gasteiger partial charge in [-0.25, -0.2) is 0 Å². The van der Waals surface area contributed by atoms with Crippen LogP contribution >= 0.6 is 12.6 Å². The SMILES string of the molecule is NCC(=O)c1ccc(C#CCCS)cc1. The first-order valence-electron chi connectivity index (χ1n) is 4.71. The van der Waals surface area contributed by atoms with Crippen LogP contribution in [0.25, 0.3) is 0 Å². The summed E-state index contributed by atoms with van der Waals surface area (Å²) in [5.41, 5.74) is 6.80. The molecule has 0 saturated heterocycles. The number of ketones is 1. The Labute approximate surface area is 95.3 Å². The molecule has 1 aromatic carbocycles. The summed E-state index contributed by atoms with van der Waals surface area (Å²) in [6.45, 7) is 0.0463. The second-order valence-electron chi connectivity index (χ2n) is 2.98. The molecule has 1 rings (SSSR count). The second kappa shape index (κ2) is 6.28. The van der Waals surface area contributed by atoms with Crippen molar-refractivity contribution in [3.63, 3.8) is 0 Å². The topological polar surface area (TPSA) is 43.1 Å². The molecule has 3 heteroatoms. The van der Waals surface area contributed by atoms with Gasteiger partial charge in [-0.15, -0.1) is 0 Å². The van der Waals surface area contributed by atoms with Crippen molar-refractivity contribution < 1.29 is 4.79 Å². The summed E-state index contributed by atoms with van der Waals surface area (Å²) >= 11 is 4.06. The van der Waals surface area contributed by atoms with Crippen LogP contribution in [0.1, 0.15) is 22.3 Å². The highest BCUT2D eigenvalue weighted by Crippen LogP contribution is 2.03. The number of benzene rings is 1. The Bertz CT molecular complexity index is 386. The van der Waals surface area contributed by atoms with Gasteiger partial charge in [0.15, 0.2) is 5.78 Å². The van der Waals surface area contributed by atoms with Gasteiger partial charge in [-0.3, -0.25) is 4.79 Å². The molecule has 0 aliphatic carbocycles. The van der Waals surface area contributed by atoms with E-state index in [9.17, 15) is 4.79 Å². The van der Waals surface area contributed by atoms with Crippen molar-refractivity contribution in [1.82, 2.24) is 0 Å². The van der Waals surface area contributed by atoms with Crippen LogP contribution in [0.2, 0.25) is 0 Å². The molecule has 0 atom stereocenters. The third-order valence-electron chi connectivity index (χ3n) is 1.86. The van der Waals surface area contributed by atoms with E-state index in [0.717, 1.165) is 17.7 Å². The zero-order valence-corrected chi connectivity index (χ0v) is 9.26. The minimum Gasteiger partial charge on any atom is -0.324 e. The summed E-state index contributed by atoms with van der Waals surface area (Å²) in [7, 11) is 0. The van der Waals surface area contributed by atoms with Crippen molar-refractivity contribution in [3.05, 3.63) is 35.4 Å². The molecule has 0 spiro atoms. The molecular weight excluding hydrogens is 206 g/mol. The highest BCUT2D eigenvalue weighted by Gasteiger charge is 2.01. The molecule has 0 radical (unpaired) electrons. The Hall–Kier alpha value is -1.24. The number of carbonyl (C=O) groups is 1. The fourth-order valence-electron chi connectivity index (χ4n) is 1.08. The van der Waals surface area contributed by atoms with Crippen molar-refractivity contribution in [1.29, 1.82) is 0 Å². The Kier molecular flexibility index (Phi) is 4.96. The van der Waals surface area contributed by atoms with Crippen LogP contribution < -0.4 is 5.73 Å². The first kappa shape index (κ1) is 11.8. The first-order chi connectivity index (χ1) is 7.27. The first-order valence-corrected chi connectivity index (χ1v) is 5.34.